The van der Waals surface area contributed by atoms with Crippen LogP contribution in [0.15, 0.2) is 30.6 Å². The maximum atomic E-state index is 13.1. The van der Waals surface area contributed by atoms with Crippen molar-refractivity contribution in [3.05, 3.63) is 53.1 Å². The Balaban J connectivity index is 2.22. The topological polar surface area (TPSA) is 38.0 Å². The van der Waals surface area contributed by atoms with Gasteiger partial charge in [0.2, 0.25) is 0 Å². The van der Waals surface area contributed by atoms with E-state index in [0.29, 0.717) is 6.54 Å². The average molecular weight is 234 g/mol. The summed E-state index contributed by atoms with van der Waals surface area (Å²) < 4.78 is 14.8. The number of aromatic nitrogens is 2. The van der Waals surface area contributed by atoms with Crippen molar-refractivity contribution in [2.24, 2.45) is 0 Å². The normalized spacial score (nSPS) is 12.7. The molecule has 0 aliphatic rings. The Morgan fingerprint density at radius 2 is 2.24 bits per heavy atom. The number of aliphatic hydroxyl groups is 1. The number of aryl methyl sites for hydroxylation is 1. The summed E-state index contributed by atoms with van der Waals surface area (Å²) in [7, 11) is 0. The smallest absolute Gasteiger partial charge is 0.123 e. The molecule has 1 atom stereocenters. The highest BCUT2D eigenvalue weighted by molar-refractivity contribution is 5.26. The number of hydrogen-bond donors (Lipinski definition) is 1. The van der Waals surface area contributed by atoms with Crippen molar-refractivity contribution in [2.75, 3.05) is 0 Å². The van der Waals surface area contributed by atoms with Gasteiger partial charge in [-0.05, 0) is 37.1 Å². The van der Waals surface area contributed by atoms with Gasteiger partial charge in [0.25, 0.3) is 0 Å². The van der Waals surface area contributed by atoms with E-state index in [1.165, 1.54) is 12.1 Å². The van der Waals surface area contributed by atoms with E-state index in [9.17, 15) is 9.50 Å². The van der Waals surface area contributed by atoms with Crippen LogP contribution >= 0.6 is 0 Å². The molecule has 3 nitrogen and oxygen atoms in total. The van der Waals surface area contributed by atoms with Gasteiger partial charge in [-0.2, -0.15) is 5.10 Å². The molecule has 0 bridgehead atoms. The highest BCUT2D eigenvalue weighted by atomic mass is 19.1. The molecule has 1 aromatic heterocycles. The molecule has 0 fully saturated rings. The van der Waals surface area contributed by atoms with Crippen molar-refractivity contribution in [3.63, 3.8) is 0 Å². The van der Waals surface area contributed by atoms with Crippen LogP contribution in [0, 0.1) is 12.7 Å². The fraction of sp³-hybridized carbons (Fsp3) is 0.308. The molecular formula is C13H15FN2O. The third-order valence-corrected chi connectivity index (χ3v) is 2.78. The number of benzene rings is 1. The predicted octanol–water partition coefficient (Wildman–Crippen LogP) is 2.43. The lowest BCUT2D eigenvalue weighted by Gasteiger charge is -2.06. The first-order valence-electron chi connectivity index (χ1n) is 5.51. The van der Waals surface area contributed by atoms with Gasteiger partial charge >= 0.3 is 0 Å². The average Bonchev–Trinajstić information content (AvgIpc) is 2.72. The fourth-order valence-corrected chi connectivity index (χ4v) is 1.67. The summed E-state index contributed by atoms with van der Waals surface area (Å²) >= 11 is 0. The molecule has 2 aromatic rings. The number of hydrogen-bond acceptors (Lipinski definition) is 2. The van der Waals surface area contributed by atoms with Crippen molar-refractivity contribution in [1.29, 1.82) is 0 Å². The zero-order valence-electron chi connectivity index (χ0n) is 9.89. The molecule has 2 rings (SSSR count). The number of aliphatic hydroxyl groups excluding tert-OH is 1. The van der Waals surface area contributed by atoms with Crippen LogP contribution in [0.3, 0.4) is 0 Å². The predicted molar refractivity (Wildman–Crippen MR) is 63.1 cm³/mol. The van der Waals surface area contributed by atoms with Crippen molar-refractivity contribution in [2.45, 2.75) is 26.5 Å². The summed E-state index contributed by atoms with van der Waals surface area (Å²) in [5.74, 6) is -0.242. The molecule has 0 aliphatic carbocycles. The molecule has 0 spiro atoms. The number of rotatable bonds is 3. The molecule has 0 saturated heterocycles. The van der Waals surface area contributed by atoms with Crippen molar-refractivity contribution in [1.82, 2.24) is 9.78 Å². The Kier molecular flexibility index (Phi) is 3.24. The van der Waals surface area contributed by atoms with Crippen LogP contribution in [0.25, 0.3) is 0 Å². The van der Waals surface area contributed by atoms with Crippen LogP contribution in [0.1, 0.15) is 29.7 Å². The van der Waals surface area contributed by atoms with Crippen molar-refractivity contribution < 1.29 is 9.50 Å². The summed E-state index contributed by atoms with van der Waals surface area (Å²) in [5.41, 5.74) is 2.68. The zero-order valence-corrected chi connectivity index (χ0v) is 9.89. The van der Waals surface area contributed by atoms with Gasteiger partial charge in [0, 0.05) is 11.8 Å². The van der Waals surface area contributed by atoms with Gasteiger partial charge in [0.1, 0.15) is 5.82 Å². The fourth-order valence-electron chi connectivity index (χ4n) is 1.67. The highest BCUT2D eigenvalue weighted by Crippen LogP contribution is 2.14. The lowest BCUT2D eigenvalue weighted by atomic mass is 10.1. The van der Waals surface area contributed by atoms with Gasteiger partial charge in [0.05, 0.1) is 18.8 Å². The maximum absolute atomic E-state index is 13.1. The summed E-state index contributed by atoms with van der Waals surface area (Å²) in [5, 5.41) is 13.5. The Morgan fingerprint density at radius 1 is 1.47 bits per heavy atom. The molecule has 1 unspecified atom stereocenters. The van der Waals surface area contributed by atoms with Gasteiger partial charge in [-0.15, -0.1) is 0 Å². The van der Waals surface area contributed by atoms with Gasteiger partial charge in [-0.1, -0.05) is 6.07 Å². The molecule has 0 radical (unpaired) electrons. The van der Waals surface area contributed by atoms with E-state index in [0.717, 1.165) is 16.7 Å². The molecule has 90 valence electrons. The standard InChI is InChI=1S/C13H15FN2O/c1-9-3-4-13(14)5-11(9)7-16-8-12(6-15-16)10(2)17/h3-6,8,10,17H,7H2,1-2H3. The Labute approximate surface area is 99.5 Å². The third kappa shape index (κ3) is 2.71. The van der Waals surface area contributed by atoms with Crippen LogP contribution in [0.4, 0.5) is 4.39 Å². The summed E-state index contributed by atoms with van der Waals surface area (Å²) in [6.07, 6.45) is 2.87. The van der Waals surface area contributed by atoms with Gasteiger partial charge < -0.3 is 5.11 Å². The second-order valence-corrected chi connectivity index (χ2v) is 4.22. The van der Waals surface area contributed by atoms with E-state index in [1.54, 1.807) is 30.1 Å². The molecule has 1 heterocycles. The van der Waals surface area contributed by atoms with Gasteiger partial charge in [-0.25, -0.2) is 4.39 Å². The number of halogens is 1. The van der Waals surface area contributed by atoms with E-state index < -0.39 is 6.10 Å². The summed E-state index contributed by atoms with van der Waals surface area (Å²) in [4.78, 5) is 0. The lowest BCUT2D eigenvalue weighted by molar-refractivity contribution is 0.199. The minimum Gasteiger partial charge on any atom is -0.389 e. The van der Waals surface area contributed by atoms with Gasteiger partial charge in [-0.3, -0.25) is 4.68 Å². The van der Waals surface area contributed by atoms with Crippen LogP contribution in [-0.2, 0) is 6.54 Å². The van der Waals surface area contributed by atoms with Crippen LogP contribution in [0.5, 0.6) is 0 Å². The van der Waals surface area contributed by atoms with E-state index >= 15 is 0 Å². The number of nitrogens with zero attached hydrogens (tertiary/aromatic N) is 2. The zero-order chi connectivity index (χ0) is 12.4. The van der Waals surface area contributed by atoms with E-state index in [2.05, 4.69) is 5.10 Å². The highest BCUT2D eigenvalue weighted by Gasteiger charge is 2.06. The van der Waals surface area contributed by atoms with Crippen LogP contribution in [0.2, 0.25) is 0 Å². The molecule has 0 saturated carbocycles. The molecule has 0 aliphatic heterocycles. The maximum Gasteiger partial charge on any atom is 0.123 e. The first kappa shape index (κ1) is 11.8. The van der Waals surface area contributed by atoms with Crippen molar-refractivity contribution in [3.8, 4) is 0 Å². The first-order valence-corrected chi connectivity index (χ1v) is 5.51. The molecule has 4 heteroatoms. The Morgan fingerprint density at radius 3 is 2.88 bits per heavy atom. The largest absolute Gasteiger partial charge is 0.389 e. The lowest BCUT2D eigenvalue weighted by Crippen LogP contribution is -2.02. The molecule has 1 aromatic carbocycles. The summed E-state index contributed by atoms with van der Waals surface area (Å²) in [6.45, 7) is 4.14. The first-order chi connectivity index (χ1) is 8.06. The van der Waals surface area contributed by atoms with Crippen LogP contribution in [-0.4, -0.2) is 14.9 Å². The SMILES string of the molecule is Cc1ccc(F)cc1Cn1cc(C(C)O)cn1. The monoisotopic (exact) mass is 234 g/mol. The van der Waals surface area contributed by atoms with E-state index in [4.69, 9.17) is 0 Å². The second-order valence-electron chi connectivity index (χ2n) is 4.22. The molecule has 1 N–H and O–H groups in total. The molecule has 17 heavy (non-hydrogen) atoms. The van der Waals surface area contributed by atoms with E-state index in [-0.39, 0.29) is 5.82 Å². The molecular weight excluding hydrogens is 219 g/mol. The van der Waals surface area contributed by atoms with Crippen LogP contribution < -0.4 is 0 Å². The Hall–Kier alpha value is -1.68. The third-order valence-electron chi connectivity index (χ3n) is 2.78. The Bertz CT molecular complexity index is 520. The van der Waals surface area contributed by atoms with E-state index in [1.807, 2.05) is 6.92 Å². The molecule has 0 amide bonds. The quantitative estimate of drug-likeness (QED) is 0.885. The van der Waals surface area contributed by atoms with Crippen molar-refractivity contribution >= 4 is 0 Å². The summed E-state index contributed by atoms with van der Waals surface area (Å²) in [6, 6.07) is 4.71. The van der Waals surface area contributed by atoms with Gasteiger partial charge in [0.15, 0.2) is 0 Å². The minimum atomic E-state index is -0.530. The second kappa shape index (κ2) is 4.67. The minimum absolute atomic E-state index is 0.242.